The quantitative estimate of drug-likeness (QED) is 0.730. The summed E-state index contributed by atoms with van der Waals surface area (Å²) in [5, 5.41) is 9.14. The molecule has 1 saturated carbocycles. The molecule has 25 heavy (non-hydrogen) atoms. The summed E-state index contributed by atoms with van der Waals surface area (Å²) in [5.41, 5.74) is 3.23. The molecule has 0 aliphatic heterocycles. The largest absolute Gasteiger partial charge is 0.354 e. The van der Waals surface area contributed by atoms with Gasteiger partial charge >= 0.3 is 6.03 Å². The van der Waals surface area contributed by atoms with E-state index in [0.717, 1.165) is 30.6 Å². The van der Waals surface area contributed by atoms with Crippen LogP contribution in [0, 0.1) is 0 Å². The Balaban J connectivity index is 1.51. The van der Waals surface area contributed by atoms with Gasteiger partial charge in [-0.2, -0.15) is 0 Å². The number of nitrogens with zero attached hydrogens (tertiary/aromatic N) is 1. The molecule has 5 heteroatoms. The monoisotopic (exact) mass is 338 g/mol. The van der Waals surface area contributed by atoms with Crippen LogP contribution in [0.3, 0.4) is 0 Å². The van der Waals surface area contributed by atoms with Crippen molar-refractivity contribution in [3.63, 3.8) is 0 Å². The summed E-state index contributed by atoms with van der Waals surface area (Å²) in [5.74, 6) is 0.556. The molecule has 2 aromatic rings. The van der Waals surface area contributed by atoms with Crippen molar-refractivity contribution in [3.8, 4) is 0 Å². The van der Waals surface area contributed by atoms with Crippen molar-refractivity contribution in [2.75, 3.05) is 10.6 Å². The van der Waals surface area contributed by atoms with E-state index in [4.69, 9.17) is 0 Å². The fourth-order valence-corrected chi connectivity index (χ4v) is 3.12. The van der Waals surface area contributed by atoms with Crippen LogP contribution in [0.1, 0.15) is 44.6 Å². The Kier molecular flexibility index (Phi) is 5.88. The average molecular weight is 338 g/mol. The SMILES string of the molecule is CCc1ccc(Nc2ccc(NC(=O)NC3CCCCC3)nc2)cc1. The zero-order valence-electron chi connectivity index (χ0n) is 14.7. The Labute approximate surface area is 149 Å². The van der Waals surface area contributed by atoms with Crippen molar-refractivity contribution in [2.24, 2.45) is 0 Å². The van der Waals surface area contributed by atoms with E-state index in [-0.39, 0.29) is 6.03 Å². The molecule has 0 atom stereocenters. The van der Waals surface area contributed by atoms with E-state index in [0.29, 0.717) is 11.9 Å². The molecule has 0 bridgehead atoms. The summed E-state index contributed by atoms with van der Waals surface area (Å²) in [6.45, 7) is 2.14. The molecule has 2 amide bonds. The maximum atomic E-state index is 12.0. The highest BCUT2D eigenvalue weighted by molar-refractivity contribution is 5.88. The number of aromatic nitrogens is 1. The van der Waals surface area contributed by atoms with Crippen LogP contribution in [0.25, 0.3) is 0 Å². The molecule has 3 rings (SSSR count). The van der Waals surface area contributed by atoms with E-state index in [1.165, 1.54) is 24.8 Å². The van der Waals surface area contributed by atoms with Gasteiger partial charge in [0.05, 0.1) is 11.9 Å². The molecule has 0 saturated heterocycles. The lowest BCUT2D eigenvalue weighted by Crippen LogP contribution is -2.39. The molecule has 0 radical (unpaired) electrons. The number of benzene rings is 1. The van der Waals surface area contributed by atoms with Crippen molar-refractivity contribution in [1.29, 1.82) is 0 Å². The molecular formula is C20H26N4O. The number of hydrogen-bond acceptors (Lipinski definition) is 3. The van der Waals surface area contributed by atoms with E-state index < -0.39 is 0 Å². The lowest BCUT2D eigenvalue weighted by Gasteiger charge is -2.22. The zero-order valence-corrected chi connectivity index (χ0v) is 14.7. The second-order valence-electron chi connectivity index (χ2n) is 6.54. The van der Waals surface area contributed by atoms with Gasteiger partial charge in [-0.05, 0) is 49.1 Å². The minimum absolute atomic E-state index is 0.171. The first-order chi connectivity index (χ1) is 12.2. The van der Waals surface area contributed by atoms with Gasteiger partial charge in [0, 0.05) is 11.7 Å². The van der Waals surface area contributed by atoms with Crippen LogP contribution in [0.2, 0.25) is 0 Å². The number of nitrogens with one attached hydrogen (secondary N) is 3. The average Bonchev–Trinajstić information content (AvgIpc) is 2.65. The number of urea groups is 1. The topological polar surface area (TPSA) is 66.0 Å². The third-order valence-corrected chi connectivity index (χ3v) is 4.60. The molecule has 1 aliphatic carbocycles. The van der Waals surface area contributed by atoms with Crippen LogP contribution in [-0.2, 0) is 6.42 Å². The molecule has 1 aliphatic rings. The minimum Gasteiger partial charge on any atom is -0.354 e. The number of aryl methyl sites for hydroxylation is 1. The van der Waals surface area contributed by atoms with E-state index in [1.54, 1.807) is 6.20 Å². The summed E-state index contributed by atoms with van der Waals surface area (Å²) in [4.78, 5) is 16.3. The molecule has 5 nitrogen and oxygen atoms in total. The van der Waals surface area contributed by atoms with Crippen LogP contribution < -0.4 is 16.0 Å². The van der Waals surface area contributed by atoms with Crippen LogP contribution in [-0.4, -0.2) is 17.1 Å². The number of amides is 2. The highest BCUT2D eigenvalue weighted by atomic mass is 16.2. The Morgan fingerprint density at radius 3 is 2.40 bits per heavy atom. The van der Waals surface area contributed by atoms with E-state index in [9.17, 15) is 4.79 Å². The van der Waals surface area contributed by atoms with Crippen molar-refractivity contribution >= 4 is 23.2 Å². The van der Waals surface area contributed by atoms with Crippen LogP contribution in [0.15, 0.2) is 42.6 Å². The van der Waals surface area contributed by atoms with Gasteiger partial charge in [0.25, 0.3) is 0 Å². The lowest BCUT2D eigenvalue weighted by atomic mass is 9.96. The molecule has 1 fully saturated rings. The summed E-state index contributed by atoms with van der Waals surface area (Å²) in [7, 11) is 0. The Bertz CT molecular complexity index is 676. The van der Waals surface area contributed by atoms with Crippen molar-refractivity contribution in [1.82, 2.24) is 10.3 Å². The predicted octanol–water partition coefficient (Wildman–Crippen LogP) is 4.84. The first-order valence-corrected chi connectivity index (χ1v) is 9.12. The summed E-state index contributed by atoms with van der Waals surface area (Å²) in [6.07, 6.45) is 8.57. The van der Waals surface area contributed by atoms with E-state index in [1.807, 2.05) is 12.1 Å². The number of carbonyl (C=O) groups excluding carboxylic acids is 1. The number of rotatable bonds is 5. The number of hydrogen-bond donors (Lipinski definition) is 3. The normalized spacial score (nSPS) is 14.8. The van der Waals surface area contributed by atoms with Crippen LogP contribution in [0.4, 0.5) is 22.0 Å². The zero-order chi connectivity index (χ0) is 17.5. The van der Waals surface area contributed by atoms with Gasteiger partial charge in [-0.3, -0.25) is 5.32 Å². The fraction of sp³-hybridized carbons (Fsp3) is 0.400. The minimum atomic E-state index is -0.171. The first-order valence-electron chi connectivity index (χ1n) is 9.12. The van der Waals surface area contributed by atoms with Crippen molar-refractivity contribution in [2.45, 2.75) is 51.5 Å². The van der Waals surface area contributed by atoms with E-state index in [2.05, 4.69) is 52.1 Å². The van der Waals surface area contributed by atoms with Gasteiger partial charge in [-0.15, -0.1) is 0 Å². The molecule has 1 heterocycles. The van der Waals surface area contributed by atoms with Gasteiger partial charge in [-0.25, -0.2) is 9.78 Å². The van der Waals surface area contributed by atoms with Gasteiger partial charge in [0.2, 0.25) is 0 Å². The van der Waals surface area contributed by atoms with Gasteiger partial charge in [0.15, 0.2) is 0 Å². The summed E-state index contributed by atoms with van der Waals surface area (Å²) in [6, 6.07) is 12.2. The van der Waals surface area contributed by atoms with E-state index >= 15 is 0 Å². The number of carbonyl (C=O) groups is 1. The van der Waals surface area contributed by atoms with Gasteiger partial charge in [0.1, 0.15) is 5.82 Å². The number of anilines is 3. The third-order valence-electron chi connectivity index (χ3n) is 4.60. The molecule has 1 aromatic carbocycles. The van der Waals surface area contributed by atoms with Crippen molar-refractivity contribution < 1.29 is 4.79 Å². The molecule has 3 N–H and O–H groups in total. The van der Waals surface area contributed by atoms with Gasteiger partial charge in [-0.1, -0.05) is 38.3 Å². The molecule has 132 valence electrons. The Morgan fingerprint density at radius 2 is 1.76 bits per heavy atom. The fourth-order valence-electron chi connectivity index (χ4n) is 3.12. The highest BCUT2D eigenvalue weighted by Gasteiger charge is 2.15. The maximum absolute atomic E-state index is 12.0. The molecule has 1 aromatic heterocycles. The van der Waals surface area contributed by atoms with Gasteiger partial charge < -0.3 is 10.6 Å². The Hall–Kier alpha value is -2.56. The van der Waals surface area contributed by atoms with Crippen LogP contribution >= 0.6 is 0 Å². The third kappa shape index (κ3) is 5.21. The molecule has 0 spiro atoms. The molecule has 0 unspecified atom stereocenters. The number of pyridine rings is 1. The highest BCUT2D eigenvalue weighted by Crippen LogP contribution is 2.19. The standard InChI is InChI=1S/C20H26N4O/c1-2-15-8-10-17(11-9-15)22-18-12-13-19(21-14-18)24-20(25)23-16-6-4-3-5-7-16/h8-14,16,22H,2-7H2,1H3,(H2,21,23,24,25). The predicted molar refractivity (Wildman–Crippen MR) is 102 cm³/mol. The molecular weight excluding hydrogens is 312 g/mol. The maximum Gasteiger partial charge on any atom is 0.320 e. The summed E-state index contributed by atoms with van der Waals surface area (Å²) >= 11 is 0. The lowest BCUT2D eigenvalue weighted by molar-refractivity contribution is 0.244. The van der Waals surface area contributed by atoms with Crippen molar-refractivity contribution in [3.05, 3.63) is 48.2 Å². The first kappa shape index (κ1) is 17.3. The smallest absolute Gasteiger partial charge is 0.320 e. The summed E-state index contributed by atoms with van der Waals surface area (Å²) < 4.78 is 0. The van der Waals surface area contributed by atoms with Crippen LogP contribution in [0.5, 0.6) is 0 Å². The second-order valence-corrected chi connectivity index (χ2v) is 6.54. The Morgan fingerprint density at radius 1 is 1.04 bits per heavy atom. The second kappa shape index (κ2) is 8.51.